The molecule has 0 aromatic carbocycles. The van der Waals surface area contributed by atoms with Crippen molar-refractivity contribution in [3.05, 3.63) is 44.6 Å². The number of nitrogens with zero attached hydrogens (tertiary/aromatic N) is 2. The van der Waals surface area contributed by atoms with Crippen LogP contribution < -0.4 is 17.0 Å². The van der Waals surface area contributed by atoms with Gasteiger partial charge in [-0.2, -0.15) is 0 Å². The molecule has 0 spiro atoms. The summed E-state index contributed by atoms with van der Waals surface area (Å²) in [5.74, 6) is -3.09. The Balaban J connectivity index is 1.98. The van der Waals surface area contributed by atoms with E-state index in [1.807, 2.05) is 4.98 Å². The second-order valence-corrected chi connectivity index (χ2v) is 6.75. The smallest absolute Gasteiger partial charge is 0.331 e. The van der Waals surface area contributed by atoms with Gasteiger partial charge in [-0.1, -0.05) is 6.92 Å². The van der Waals surface area contributed by atoms with Crippen molar-refractivity contribution in [1.29, 1.82) is 0 Å². The predicted octanol–water partition coefficient (Wildman–Crippen LogP) is -2.04. The van der Waals surface area contributed by atoms with Crippen LogP contribution in [-0.2, 0) is 19.1 Å². The zero-order chi connectivity index (χ0) is 22.2. The SMILES string of the molecule is CCC(=O)N1C(CCN)O[C@H](C2=C(O)C(O)[C@H](n3ccc(=O)[nH]c3=O)O2)[C@H]1C(=O)O. The average molecular weight is 426 g/mol. The Morgan fingerprint density at radius 2 is 2.03 bits per heavy atom. The van der Waals surface area contributed by atoms with Crippen molar-refractivity contribution in [3.63, 3.8) is 0 Å². The van der Waals surface area contributed by atoms with Gasteiger partial charge in [0.2, 0.25) is 12.1 Å². The van der Waals surface area contributed by atoms with Crippen molar-refractivity contribution in [3.8, 4) is 0 Å². The number of aliphatic carboxylic acids is 1. The Kier molecular flexibility index (Phi) is 5.96. The highest BCUT2D eigenvalue weighted by Crippen LogP contribution is 2.39. The average Bonchev–Trinajstić information content (AvgIpc) is 3.20. The lowest BCUT2D eigenvalue weighted by Crippen LogP contribution is -2.48. The summed E-state index contributed by atoms with van der Waals surface area (Å²) < 4.78 is 12.0. The lowest BCUT2D eigenvalue weighted by atomic mass is 10.1. The van der Waals surface area contributed by atoms with E-state index in [0.29, 0.717) is 0 Å². The largest absolute Gasteiger partial charge is 0.506 e. The van der Waals surface area contributed by atoms with Crippen molar-refractivity contribution >= 4 is 11.9 Å². The van der Waals surface area contributed by atoms with Gasteiger partial charge in [-0.3, -0.25) is 24.0 Å². The number of H-pyrrole nitrogens is 1. The highest BCUT2D eigenvalue weighted by atomic mass is 16.6. The Morgan fingerprint density at radius 1 is 1.33 bits per heavy atom. The van der Waals surface area contributed by atoms with Crippen LogP contribution in [0.15, 0.2) is 33.4 Å². The van der Waals surface area contributed by atoms with Gasteiger partial charge in [0.05, 0.1) is 0 Å². The molecule has 2 aliphatic rings. The van der Waals surface area contributed by atoms with Crippen molar-refractivity contribution in [2.75, 3.05) is 6.54 Å². The lowest BCUT2D eigenvalue weighted by Gasteiger charge is -2.26. The number of carbonyl (C=O) groups is 2. The maximum Gasteiger partial charge on any atom is 0.331 e. The van der Waals surface area contributed by atoms with Gasteiger partial charge in [0.25, 0.3) is 5.56 Å². The summed E-state index contributed by atoms with van der Waals surface area (Å²) in [5.41, 5.74) is 3.96. The van der Waals surface area contributed by atoms with Crippen molar-refractivity contribution in [1.82, 2.24) is 14.5 Å². The van der Waals surface area contributed by atoms with Gasteiger partial charge in [0.1, 0.15) is 6.23 Å². The van der Waals surface area contributed by atoms with E-state index in [1.54, 1.807) is 6.92 Å². The van der Waals surface area contributed by atoms with E-state index < -0.39 is 65.3 Å². The number of carboxylic acids is 1. The number of hydrogen-bond donors (Lipinski definition) is 5. The minimum atomic E-state index is -1.74. The van der Waals surface area contributed by atoms with Crippen LogP contribution in [-0.4, -0.2) is 72.7 Å². The van der Waals surface area contributed by atoms with E-state index in [-0.39, 0.29) is 19.4 Å². The van der Waals surface area contributed by atoms with E-state index >= 15 is 0 Å². The zero-order valence-corrected chi connectivity index (χ0v) is 15.9. The molecule has 13 nitrogen and oxygen atoms in total. The fraction of sp³-hybridized carbons (Fsp3) is 0.529. The monoisotopic (exact) mass is 426 g/mol. The standard InChI is InChI=1S/C17H22N4O9/c1-2-8(23)21-9(3-5-18)29-13(10(21)16(26)27)14-11(24)12(25)15(30-14)20-6-4-7(22)19-17(20)28/h4,6,9-10,12-13,15,24-25H,2-3,5,18H2,1H3,(H,26,27)(H,19,22,28)/t9?,10-,12?,13-,15+/m0/s1. The maximum absolute atomic E-state index is 12.4. The summed E-state index contributed by atoms with van der Waals surface area (Å²) in [5, 5.41) is 30.5. The number of carboxylic acid groups (broad SMARTS) is 1. The summed E-state index contributed by atoms with van der Waals surface area (Å²) >= 11 is 0. The van der Waals surface area contributed by atoms with E-state index in [0.717, 1.165) is 21.7 Å². The number of ether oxygens (including phenoxy) is 2. The molecule has 5 atom stereocenters. The Hall–Kier alpha value is -3.16. The van der Waals surface area contributed by atoms with Gasteiger partial charge in [0, 0.05) is 25.1 Å². The number of aliphatic hydroxyl groups is 2. The molecule has 2 aliphatic heterocycles. The fourth-order valence-electron chi connectivity index (χ4n) is 3.52. The second-order valence-electron chi connectivity index (χ2n) is 6.75. The van der Waals surface area contributed by atoms with Crippen LogP contribution in [0.25, 0.3) is 0 Å². The number of aliphatic hydroxyl groups excluding tert-OH is 2. The number of carbonyl (C=O) groups excluding carboxylic acids is 1. The number of nitrogens with one attached hydrogen (secondary N) is 1. The van der Waals surface area contributed by atoms with Gasteiger partial charge in [-0.25, -0.2) is 9.59 Å². The molecular formula is C17H22N4O9. The molecule has 0 saturated carbocycles. The highest BCUT2D eigenvalue weighted by Gasteiger charge is 2.54. The third-order valence-electron chi connectivity index (χ3n) is 4.89. The molecular weight excluding hydrogens is 404 g/mol. The molecule has 1 amide bonds. The number of amides is 1. The first-order chi connectivity index (χ1) is 14.2. The van der Waals surface area contributed by atoms with Crippen molar-refractivity contribution in [2.45, 2.75) is 50.5 Å². The quantitative estimate of drug-likeness (QED) is 0.338. The summed E-state index contributed by atoms with van der Waals surface area (Å²) in [6.45, 7) is 1.65. The fourth-order valence-corrected chi connectivity index (χ4v) is 3.52. The van der Waals surface area contributed by atoms with Crippen LogP contribution in [0, 0.1) is 0 Å². The molecule has 0 radical (unpaired) electrons. The van der Waals surface area contributed by atoms with E-state index in [2.05, 4.69) is 0 Å². The molecule has 3 heterocycles. The van der Waals surface area contributed by atoms with E-state index in [1.165, 1.54) is 0 Å². The second kappa shape index (κ2) is 8.30. The van der Waals surface area contributed by atoms with Gasteiger partial charge < -0.3 is 30.5 Å². The Morgan fingerprint density at radius 3 is 2.60 bits per heavy atom. The normalized spacial score (nSPS) is 28.6. The molecule has 2 unspecified atom stereocenters. The molecule has 0 aliphatic carbocycles. The van der Waals surface area contributed by atoms with Gasteiger partial charge >= 0.3 is 11.7 Å². The predicted molar refractivity (Wildman–Crippen MR) is 98.0 cm³/mol. The number of nitrogens with two attached hydrogens (primary N) is 1. The summed E-state index contributed by atoms with van der Waals surface area (Å²) in [6, 6.07) is -0.540. The molecule has 6 N–H and O–H groups in total. The number of rotatable bonds is 6. The van der Waals surface area contributed by atoms with Crippen LogP contribution in [0.2, 0.25) is 0 Å². The van der Waals surface area contributed by atoms with Crippen molar-refractivity contribution in [2.24, 2.45) is 5.73 Å². The van der Waals surface area contributed by atoms with Crippen LogP contribution in [0.5, 0.6) is 0 Å². The van der Waals surface area contributed by atoms with Crippen LogP contribution >= 0.6 is 0 Å². The molecule has 1 fully saturated rings. The Bertz CT molecular complexity index is 984. The molecule has 164 valence electrons. The molecule has 1 aromatic rings. The van der Waals surface area contributed by atoms with E-state index in [4.69, 9.17) is 15.2 Å². The number of aromatic nitrogens is 2. The number of hydrogen-bond acceptors (Lipinski definition) is 9. The Labute approximate surface area is 168 Å². The number of aromatic amines is 1. The first-order valence-electron chi connectivity index (χ1n) is 9.20. The lowest BCUT2D eigenvalue weighted by molar-refractivity contribution is -0.150. The van der Waals surface area contributed by atoms with Crippen LogP contribution in [0.3, 0.4) is 0 Å². The molecule has 30 heavy (non-hydrogen) atoms. The van der Waals surface area contributed by atoms with E-state index in [9.17, 15) is 34.5 Å². The van der Waals surface area contributed by atoms with Gasteiger partial charge in [-0.05, 0) is 6.54 Å². The first kappa shape index (κ1) is 21.5. The van der Waals surface area contributed by atoms with Gasteiger partial charge in [-0.15, -0.1) is 0 Å². The highest BCUT2D eigenvalue weighted by molar-refractivity contribution is 5.85. The maximum atomic E-state index is 12.4. The summed E-state index contributed by atoms with van der Waals surface area (Å²) in [4.78, 5) is 50.6. The summed E-state index contributed by atoms with van der Waals surface area (Å²) in [6.07, 6.45) is -4.47. The molecule has 13 heteroatoms. The minimum absolute atomic E-state index is 0.00480. The minimum Gasteiger partial charge on any atom is -0.506 e. The third kappa shape index (κ3) is 3.58. The molecule has 1 saturated heterocycles. The van der Waals surface area contributed by atoms with Gasteiger partial charge in [0.15, 0.2) is 29.8 Å². The van der Waals surface area contributed by atoms with Crippen molar-refractivity contribution < 1.29 is 34.4 Å². The first-order valence-corrected chi connectivity index (χ1v) is 9.20. The topological polar surface area (TPSA) is 197 Å². The molecule has 1 aromatic heterocycles. The van der Waals surface area contributed by atoms with Crippen LogP contribution in [0.1, 0.15) is 26.0 Å². The van der Waals surface area contributed by atoms with Crippen LogP contribution in [0.4, 0.5) is 0 Å². The molecule has 3 rings (SSSR count). The molecule has 0 bridgehead atoms. The zero-order valence-electron chi connectivity index (χ0n) is 15.9. The summed E-state index contributed by atoms with van der Waals surface area (Å²) in [7, 11) is 0. The third-order valence-corrected chi connectivity index (χ3v) is 4.89.